The molecule has 1 saturated carbocycles. The molecule has 4 N–H and O–H groups in total. The first kappa shape index (κ1) is 32.2. The summed E-state index contributed by atoms with van der Waals surface area (Å²) in [5.41, 5.74) is -0.226. The van der Waals surface area contributed by atoms with E-state index in [4.69, 9.17) is 11.6 Å². The number of aromatic carboxylic acids is 1. The lowest BCUT2D eigenvalue weighted by atomic mass is 10.1. The lowest BCUT2D eigenvalue weighted by Gasteiger charge is -2.36. The number of carboxylic acid groups (broad SMARTS) is 1. The van der Waals surface area contributed by atoms with Crippen LogP contribution >= 0.6 is 23.4 Å². The molecule has 1 saturated heterocycles. The summed E-state index contributed by atoms with van der Waals surface area (Å²) in [6.07, 6.45) is 3.04. The first-order valence-corrected chi connectivity index (χ1v) is 16.1. The molecular formula is C31H29ClFN7O6S. The van der Waals surface area contributed by atoms with Gasteiger partial charge in [-0.1, -0.05) is 23.4 Å². The lowest BCUT2D eigenvalue weighted by Crippen LogP contribution is -2.49. The number of fused-ring (bicyclic) bond motifs is 1. The Bertz CT molecular complexity index is 1990. The Hall–Kier alpha value is -4.73. The van der Waals surface area contributed by atoms with Crippen LogP contribution in [0.5, 0.6) is 0 Å². The molecule has 47 heavy (non-hydrogen) atoms. The van der Waals surface area contributed by atoms with Crippen LogP contribution in [0.1, 0.15) is 29.2 Å². The van der Waals surface area contributed by atoms with Gasteiger partial charge in [0.2, 0.25) is 17.2 Å². The fraction of sp³-hybridized carbons (Fsp3) is 0.290. The van der Waals surface area contributed by atoms with E-state index in [0.29, 0.717) is 48.1 Å². The Balaban J connectivity index is 1.05. The molecule has 2 amide bonds. The van der Waals surface area contributed by atoms with Crippen LogP contribution in [0.3, 0.4) is 0 Å². The summed E-state index contributed by atoms with van der Waals surface area (Å²) in [6, 6.07) is 10.6. The number of benzene rings is 2. The summed E-state index contributed by atoms with van der Waals surface area (Å²) < 4.78 is 17.1. The number of aromatic amines is 1. The molecule has 0 spiro atoms. The van der Waals surface area contributed by atoms with E-state index in [1.54, 1.807) is 34.9 Å². The number of carbonyl (C=O) groups excluding carboxylic acids is 2. The van der Waals surface area contributed by atoms with E-state index < -0.39 is 28.7 Å². The van der Waals surface area contributed by atoms with Crippen molar-refractivity contribution >= 4 is 69.2 Å². The topological polar surface area (TPSA) is 170 Å². The summed E-state index contributed by atoms with van der Waals surface area (Å²) in [4.78, 5) is 72.2. The summed E-state index contributed by atoms with van der Waals surface area (Å²) in [5.74, 6) is -2.67. The number of hydrogen-bond acceptors (Lipinski definition) is 9. The number of piperazine rings is 1. The highest BCUT2D eigenvalue weighted by Crippen LogP contribution is 2.38. The normalized spacial score (nSPS) is 15.1. The fourth-order valence-corrected chi connectivity index (χ4v) is 6.17. The van der Waals surface area contributed by atoms with Crippen molar-refractivity contribution in [2.75, 3.05) is 54.0 Å². The van der Waals surface area contributed by atoms with E-state index in [0.717, 1.165) is 36.7 Å². The number of halogens is 2. The SMILES string of the molecule is O=C(CSc1nc(NC(=O)CN2CCN(c3cc4c(cc3F)c(=O)c(C(=O)O)cn4C3CC3)CC2)cc(=O)[nH]1)Nc1ccc(Cl)cc1. The smallest absolute Gasteiger partial charge is 0.341 e. The monoisotopic (exact) mass is 681 g/mol. The van der Waals surface area contributed by atoms with Gasteiger partial charge in [0.15, 0.2) is 5.16 Å². The molecule has 0 radical (unpaired) electrons. The zero-order chi connectivity index (χ0) is 33.2. The van der Waals surface area contributed by atoms with Crippen molar-refractivity contribution in [1.29, 1.82) is 0 Å². The van der Waals surface area contributed by atoms with E-state index in [1.165, 1.54) is 6.20 Å². The van der Waals surface area contributed by atoms with E-state index >= 15 is 4.39 Å². The van der Waals surface area contributed by atoms with Crippen LogP contribution in [-0.2, 0) is 9.59 Å². The number of thioether (sulfide) groups is 1. The summed E-state index contributed by atoms with van der Waals surface area (Å²) >= 11 is 6.86. The molecule has 0 bridgehead atoms. The average molecular weight is 682 g/mol. The number of aromatic nitrogens is 3. The quantitative estimate of drug-likeness (QED) is 0.144. The first-order valence-electron chi connectivity index (χ1n) is 14.7. The van der Waals surface area contributed by atoms with Gasteiger partial charge in [-0.05, 0) is 49.2 Å². The second kappa shape index (κ2) is 13.6. The Labute approximate surface area is 275 Å². The largest absolute Gasteiger partial charge is 0.477 e. The second-order valence-electron chi connectivity index (χ2n) is 11.2. The van der Waals surface area contributed by atoms with Crippen molar-refractivity contribution in [3.63, 3.8) is 0 Å². The second-order valence-corrected chi connectivity index (χ2v) is 12.6. The summed E-state index contributed by atoms with van der Waals surface area (Å²) in [6.45, 7) is 1.68. The third kappa shape index (κ3) is 7.64. The lowest BCUT2D eigenvalue weighted by molar-refractivity contribution is -0.117. The number of rotatable bonds is 10. The number of carboxylic acids is 1. The highest BCUT2D eigenvalue weighted by atomic mass is 35.5. The van der Waals surface area contributed by atoms with Crippen molar-refractivity contribution in [3.05, 3.63) is 85.6 Å². The van der Waals surface area contributed by atoms with Crippen LogP contribution in [0.4, 0.5) is 21.6 Å². The molecule has 2 aromatic heterocycles. The van der Waals surface area contributed by atoms with Gasteiger partial charge in [-0.15, -0.1) is 0 Å². The molecule has 16 heteroatoms. The maximum absolute atomic E-state index is 15.3. The van der Waals surface area contributed by atoms with Gasteiger partial charge in [-0.25, -0.2) is 14.2 Å². The van der Waals surface area contributed by atoms with E-state index in [-0.39, 0.29) is 46.2 Å². The molecule has 3 heterocycles. The van der Waals surface area contributed by atoms with Gasteiger partial charge in [-0.2, -0.15) is 0 Å². The fourth-order valence-electron chi connectivity index (χ4n) is 5.37. The zero-order valence-corrected chi connectivity index (χ0v) is 26.4. The van der Waals surface area contributed by atoms with Crippen molar-refractivity contribution in [2.24, 2.45) is 0 Å². The minimum Gasteiger partial charge on any atom is -0.477 e. The Morgan fingerprint density at radius 1 is 1.02 bits per heavy atom. The van der Waals surface area contributed by atoms with Crippen molar-refractivity contribution < 1.29 is 23.9 Å². The minimum absolute atomic E-state index is 0.00762. The van der Waals surface area contributed by atoms with Gasteiger partial charge in [-0.3, -0.25) is 24.1 Å². The Kier molecular flexibility index (Phi) is 9.29. The number of nitrogens with one attached hydrogen (secondary N) is 3. The number of anilines is 3. The molecule has 1 aliphatic heterocycles. The van der Waals surface area contributed by atoms with Gasteiger partial charge in [0.1, 0.15) is 17.2 Å². The van der Waals surface area contributed by atoms with Crippen molar-refractivity contribution in [2.45, 2.75) is 24.0 Å². The van der Waals surface area contributed by atoms with Gasteiger partial charge in [0, 0.05) is 60.6 Å². The van der Waals surface area contributed by atoms with E-state index in [1.807, 2.05) is 9.80 Å². The van der Waals surface area contributed by atoms with Crippen LogP contribution in [0.2, 0.25) is 5.02 Å². The van der Waals surface area contributed by atoms with Gasteiger partial charge >= 0.3 is 5.97 Å². The van der Waals surface area contributed by atoms with Crippen LogP contribution in [-0.4, -0.2) is 80.8 Å². The van der Waals surface area contributed by atoms with Crippen molar-refractivity contribution in [1.82, 2.24) is 19.4 Å². The number of pyridine rings is 1. The number of nitrogens with zero attached hydrogens (tertiary/aromatic N) is 4. The number of carbonyl (C=O) groups is 3. The molecule has 4 aromatic rings. The van der Waals surface area contributed by atoms with Crippen molar-refractivity contribution in [3.8, 4) is 0 Å². The van der Waals surface area contributed by atoms with Crippen LogP contribution in [0.15, 0.2) is 63.4 Å². The third-order valence-corrected chi connectivity index (χ3v) is 8.93. The molecular weight excluding hydrogens is 653 g/mol. The summed E-state index contributed by atoms with van der Waals surface area (Å²) in [5, 5.41) is 15.6. The zero-order valence-electron chi connectivity index (χ0n) is 24.8. The van der Waals surface area contributed by atoms with Gasteiger partial charge in [0.05, 0.1) is 23.5 Å². The minimum atomic E-state index is -1.35. The van der Waals surface area contributed by atoms with Gasteiger partial charge in [0.25, 0.3) is 5.56 Å². The van der Waals surface area contributed by atoms with E-state index in [2.05, 4.69) is 20.6 Å². The Morgan fingerprint density at radius 3 is 2.43 bits per heavy atom. The average Bonchev–Trinajstić information content (AvgIpc) is 3.87. The molecule has 0 atom stereocenters. The van der Waals surface area contributed by atoms with E-state index in [9.17, 15) is 29.1 Å². The van der Waals surface area contributed by atoms with Crippen LogP contribution in [0.25, 0.3) is 10.9 Å². The highest BCUT2D eigenvalue weighted by Gasteiger charge is 2.29. The molecule has 1 aliphatic carbocycles. The molecule has 13 nitrogen and oxygen atoms in total. The van der Waals surface area contributed by atoms with Crippen LogP contribution in [0, 0.1) is 5.82 Å². The molecule has 2 aromatic carbocycles. The molecule has 0 unspecified atom stereocenters. The Morgan fingerprint density at radius 2 is 1.74 bits per heavy atom. The van der Waals surface area contributed by atoms with Crippen LogP contribution < -0.4 is 26.5 Å². The molecule has 244 valence electrons. The molecule has 2 aliphatic rings. The number of H-pyrrole nitrogens is 1. The molecule has 2 fully saturated rings. The number of hydrogen-bond donors (Lipinski definition) is 4. The highest BCUT2D eigenvalue weighted by molar-refractivity contribution is 7.99. The predicted molar refractivity (Wildman–Crippen MR) is 176 cm³/mol. The maximum atomic E-state index is 15.3. The molecule has 6 rings (SSSR count). The third-order valence-electron chi connectivity index (χ3n) is 7.81. The predicted octanol–water partition coefficient (Wildman–Crippen LogP) is 3.40. The standard InChI is InChI=1S/C31H29ClFN7O6S/c32-17-1-3-18(4-2-17)34-28(43)16-47-31-36-25(13-26(41)37-31)35-27(42)15-38-7-9-39(10-8-38)24-12-23-20(11-22(24)33)29(44)21(30(45)46)14-40(23)19-5-6-19/h1-4,11-14,19H,5-10,15-16H2,(H,34,43)(H,45,46)(H2,35,36,37,41,42). The number of amides is 2. The first-order chi connectivity index (χ1) is 22.5. The van der Waals surface area contributed by atoms with Gasteiger partial charge < -0.3 is 30.2 Å². The summed E-state index contributed by atoms with van der Waals surface area (Å²) in [7, 11) is 0. The maximum Gasteiger partial charge on any atom is 0.341 e.